The highest BCUT2D eigenvalue weighted by Gasteiger charge is 2.22. The lowest BCUT2D eigenvalue weighted by molar-refractivity contribution is -0.119. The fraction of sp³-hybridized carbons (Fsp3) is 0.462. The van der Waals surface area contributed by atoms with Crippen molar-refractivity contribution in [2.24, 2.45) is 5.92 Å². The van der Waals surface area contributed by atoms with Gasteiger partial charge in [-0.25, -0.2) is 0 Å². The van der Waals surface area contributed by atoms with Crippen LogP contribution in [0.5, 0.6) is 0 Å². The van der Waals surface area contributed by atoms with Crippen LogP contribution in [0.15, 0.2) is 18.2 Å². The highest BCUT2D eigenvalue weighted by molar-refractivity contribution is 5.93. The third-order valence-corrected chi connectivity index (χ3v) is 3.21. The van der Waals surface area contributed by atoms with Gasteiger partial charge in [0.2, 0.25) is 5.91 Å². The van der Waals surface area contributed by atoms with Crippen molar-refractivity contribution in [3.8, 4) is 0 Å². The highest BCUT2D eigenvalue weighted by atomic mass is 16.1. The van der Waals surface area contributed by atoms with Gasteiger partial charge in [-0.15, -0.1) is 0 Å². The number of benzene rings is 1. The molecule has 0 aliphatic carbocycles. The molecular weight excluding hydrogens is 200 g/mol. The minimum Gasteiger partial charge on any atom is -0.326 e. The molecule has 1 aliphatic rings. The molecule has 1 aliphatic heterocycles. The predicted octanol–water partition coefficient (Wildman–Crippen LogP) is 1.85. The van der Waals surface area contributed by atoms with E-state index in [4.69, 9.17) is 0 Å². The monoisotopic (exact) mass is 218 g/mol. The van der Waals surface area contributed by atoms with E-state index in [2.05, 4.69) is 24.5 Å². The normalized spacial score (nSPS) is 19.8. The molecule has 1 amide bonds. The Bertz CT molecular complexity index is 395. The second-order valence-corrected chi connectivity index (χ2v) is 4.48. The van der Waals surface area contributed by atoms with Crippen molar-refractivity contribution in [2.75, 3.05) is 18.4 Å². The van der Waals surface area contributed by atoms with Gasteiger partial charge in [0.05, 0.1) is 5.92 Å². The first-order chi connectivity index (χ1) is 7.66. The predicted molar refractivity (Wildman–Crippen MR) is 65.5 cm³/mol. The van der Waals surface area contributed by atoms with Crippen LogP contribution in [0.4, 0.5) is 5.69 Å². The van der Waals surface area contributed by atoms with Crippen molar-refractivity contribution in [1.29, 1.82) is 0 Å². The summed E-state index contributed by atoms with van der Waals surface area (Å²) in [6.07, 6.45) is 0.941. The fourth-order valence-electron chi connectivity index (χ4n) is 1.94. The van der Waals surface area contributed by atoms with Crippen LogP contribution in [0.2, 0.25) is 0 Å². The molecule has 3 nitrogen and oxygen atoms in total. The largest absolute Gasteiger partial charge is 0.326 e. The van der Waals surface area contributed by atoms with Crippen molar-refractivity contribution in [3.63, 3.8) is 0 Å². The maximum Gasteiger partial charge on any atom is 0.228 e. The average Bonchev–Trinajstić information content (AvgIpc) is 2.77. The van der Waals surface area contributed by atoms with E-state index in [0.29, 0.717) is 0 Å². The molecule has 0 bridgehead atoms. The number of carbonyl (C=O) groups excluding carboxylic acids is 1. The summed E-state index contributed by atoms with van der Waals surface area (Å²) < 4.78 is 0. The zero-order valence-corrected chi connectivity index (χ0v) is 9.84. The van der Waals surface area contributed by atoms with Crippen LogP contribution in [0, 0.1) is 19.8 Å². The quantitative estimate of drug-likeness (QED) is 0.795. The minimum absolute atomic E-state index is 0.126. The van der Waals surface area contributed by atoms with Gasteiger partial charge in [-0.3, -0.25) is 4.79 Å². The zero-order valence-electron chi connectivity index (χ0n) is 9.84. The summed E-state index contributed by atoms with van der Waals surface area (Å²) in [4.78, 5) is 11.9. The Hall–Kier alpha value is -1.35. The van der Waals surface area contributed by atoms with Crippen LogP contribution in [-0.2, 0) is 4.79 Å². The Labute approximate surface area is 96.2 Å². The van der Waals surface area contributed by atoms with E-state index in [1.165, 1.54) is 11.1 Å². The van der Waals surface area contributed by atoms with Crippen molar-refractivity contribution in [1.82, 2.24) is 5.32 Å². The summed E-state index contributed by atoms with van der Waals surface area (Å²) in [5.74, 6) is 0.259. The van der Waals surface area contributed by atoms with Gasteiger partial charge in [0.1, 0.15) is 0 Å². The standard InChI is InChI=1S/C13H18N2O/c1-9-3-4-12(7-10(9)2)15-13(16)11-5-6-14-8-11/h3-4,7,11,14H,5-6,8H2,1-2H3,(H,15,16). The summed E-state index contributed by atoms with van der Waals surface area (Å²) in [5.41, 5.74) is 3.36. The van der Waals surface area contributed by atoms with E-state index in [1.807, 2.05) is 18.2 Å². The second kappa shape index (κ2) is 4.66. The molecule has 16 heavy (non-hydrogen) atoms. The lowest BCUT2D eigenvalue weighted by atomic mass is 10.1. The van der Waals surface area contributed by atoms with E-state index in [1.54, 1.807) is 0 Å². The summed E-state index contributed by atoms with van der Waals surface area (Å²) in [7, 11) is 0. The molecule has 2 rings (SSSR count). The molecule has 0 aromatic heterocycles. The van der Waals surface area contributed by atoms with Gasteiger partial charge >= 0.3 is 0 Å². The summed E-state index contributed by atoms with van der Waals surface area (Å²) in [5, 5.41) is 6.17. The van der Waals surface area contributed by atoms with Gasteiger partial charge < -0.3 is 10.6 Å². The lowest BCUT2D eigenvalue weighted by Crippen LogP contribution is -2.24. The molecule has 1 saturated heterocycles. The molecule has 0 saturated carbocycles. The maximum atomic E-state index is 11.9. The Morgan fingerprint density at radius 1 is 1.38 bits per heavy atom. The molecule has 1 aromatic rings. The van der Waals surface area contributed by atoms with Gasteiger partial charge in [-0.05, 0) is 50.1 Å². The number of rotatable bonds is 2. The third kappa shape index (κ3) is 2.42. The third-order valence-electron chi connectivity index (χ3n) is 3.21. The summed E-state index contributed by atoms with van der Waals surface area (Å²) >= 11 is 0. The van der Waals surface area contributed by atoms with Crippen LogP contribution < -0.4 is 10.6 Å². The van der Waals surface area contributed by atoms with Gasteiger partial charge in [0, 0.05) is 12.2 Å². The summed E-state index contributed by atoms with van der Waals surface area (Å²) in [6, 6.07) is 6.02. The lowest BCUT2D eigenvalue weighted by Gasteiger charge is -2.11. The molecular formula is C13H18N2O. The number of nitrogens with one attached hydrogen (secondary N) is 2. The van der Waals surface area contributed by atoms with Gasteiger partial charge in [-0.2, -0.15) is 0 Å². The smallest absolute Gasteiger partial charge is 0.228 e. The molecule has 0 spiro atoms. The molecule has 3 heteroatoms. The van der Waals surface area contributed by atoms with Crippen LogP contribution in [0.3, 0.4) is 0 Å². The first kappa shape index (κ1) is 11.1. The number of aryl methyl sites for hydroxylation is 2. The van der Waals surface area contributed by atoms with E-state index < -0.39 is 0 Å². The average molecular weight is 218 g/mol. The van der Waals surface area contributed by atoms with Crippen LogP contribution in [0.1, 0.15) is 17.5 Å². The van der Waals surface area contributed by atoms with Crippen molar-refractivity contribution in [2.45, 2.75) is 20.3 Å². The number of carbonyl (C=O) groups is 1. The summed E-state index contributed by atoms with van der Waals surface area (Å²) in [6.45, 7) is 5.88. The van der Waals surface area contributed by atoms with Crippen molar-refractivity contribution in [3.05, 3.63) is 29.3 Å². The molecule has 0 radical (unpaired) electrons. The number of anilines is 1. The van der Waals surface area contributed by atoms with Gasteiger partial charge in [0.15, 0.2) is 0 Å². The highest BCUT2D eigenvalue weighted by Crippen LogP contribution is 2.16. The van der Waals surface area contributed by atoms with E-state index >= 15 is 0 Å². The molecule has 1 fully saturated rings. The topological polar surface area (TPSA) is 41.1 Å². The molecule has 1 unspecified atom stereocenters. The van der Waals surface area contributed by atoms with E-state index in [9.17, 15) is 4.79 Å². The Morgan fingerprint density at radius 2 is 2.19 bits per heavy atom. The molecule has 2 N–H and O–H groups in total. The van der Waals surface area contributed by atoms with Crippen molar-refractivity contribution >= 4 is 11.6 Å². The first-order valence-corrected chi connectivity index (χ1v) is 5.75. The second-order valence-electron chi connectivity index (χ2n) is 4.48. The SMILES string of the molecule is Cc1ccc(NC(=O)C2CCNC2)cc1C. The number of hydrogen-bond donors (Lipinski definition) is 2. The Kier molecular flexibility index (Phi) is 3.25. The minimum atomic E-state index is 0.126. The van der Waals surface area contributed by atoms with Crippen LogP contribution in [0.25, 0.3) is 0 Å². The maximum absolute atomic E-state index is 11.9. The zero-order chi connectivity index (χ0) is 11.5. The molecule has 1 atom stereocenters. The van der Waals surface area contributed by atoms with Gasteiger partial charge in [-0.1, -0.05) is 6.07 Å². The van der Waals surface area contributed by atoms with E-state index in [-0.39, 0.29) is 11.8 Å². The fourth-order valence-corrected chi connectivity index (χ4v) is 1.94. The molecule has 1 aromatic carbocycles. The van der Waals surface area contributed by atoms with Gasteiger partial charge in [0.25, 0.3) is 0 Å². The number of hydrogen-bond acceptors (Lipinski definition) is 2. The molecule has 1 heterocycles. The van der Waals surface area contributed by atoms with Crippen LogP contribution in [-0.4, -0.2) is 19.0 Å². The van der Waals surface area contributed by atoms with E-state index in [0.717, 1.165) is 25.2 Å². The Balaban J connectivity index is 2.02. The number of amides is 1. The first-order valence-electron chi connectivity index (χ1n) is 5.75. The Morgan fingerprint density at radius 3 is 2.81 bits per heavy atom. The van der Waals surface area contributed by atoms with Crippen molar-refractivity contribution < 1.29 is 4.79 Å². The van der Waals surface area contributed by atoms with Crippen LogP contribution >= 0.6 is 0 Å². The molecule has 86 valence electrons.